The van der Waals surface area contributed by atoms with E-state index in [0.717, 1.165) is 22.2 Å². The van der Waals surface area contributed by atoms with Crippen molar-refractivity contribution in [3.8, 4) is 10.6 Å². The summed E-state index contributed by atoms with van der Waals surface area (Å²) in [7, 11) is 0. The van der Waals surface area contributed by atoms with Gasteiger partial charge in [0.05, 0.1) is 9.90 Å². The molecule has 2 rings (SSSR count). The fourth-order valence-corrected chi connectivity index (χ4v) is 2.71. The number of carbonyl (C=O) groups is 1. The van der Waals surface area contributed by atoms with E-state index in [1.165, 1.54) is 19.9 Å². The van der Waals surface area contributed by atoms with Crippen LogP contribution in [0.25, 0.3) is 10.6 Å². The molecule has 0 aliphatic carbocycles. The van der Waals surface area contributed by atoms with Gasteiger partial charge in [0.15, 0.2) is 0 Å². The summed E-state index contributed by atoms with van der Waals surface area (Å²) in [6.45, 7) is 2.96. The largest absolute Gasteiger partial charge is 0.420 e. The van der Waals surface area contributed by atoms with Gasteiger partial charge in [-0.15, -0.1) is 11.3 Å². The van der Waals surface area contributed by atoms with E-state index in [1.807, 2.05) is 0 Å². The molecular formula is C12H10ClF3N2OS. The zero-order chi connectivity index (χ0) is 15.1. The van der Waals surface area contributed by atoms with Crippen LogP contribution in [0.15, 0.2) is 17.6 Å². The summed E-state index contributed by atoms with van der Waals surface area (Å²) in [5.41, 5.74) is -2.33. The molecule has 2 heterocycles. The number of halogens is 4. The molecule has 0 atom stereocenters. The molecule has 2 aromatic heterocycles. The van der Waals surface area contributed by atoms with Gasteiger partial charge >= 0.3 is 6.18 Å². The topological polar surface area (TPSA) is 34.9 Å². The van der Waals surface area contributed by atoms with Crippen LogP contribution in [0.5, 0.6) is 0 Å². The van der Waals surface area contributed by atoms with E-state index in [9.17, 15) is 18.0 Å². The zero-order valence-electron chi connectivity index (χ0n) is 10.5. The number of carbonyl (C=O) groups excluding carboxylic acids is 1. The van der Waals surface area contributed by atoms with Gasteiger partial charge in [0.1, 0.15) is 23.1 Å². The Morgan fingerprint density at radius 2 is 2.05 bits per heavy atom. The molecule has 108 valence electrons. The lowest BCUT2D eigenvalue weighted by Crippen LogP contribution is -2.28. The van der Waals surface area contributed by atoms with Crippen molar-refractivity contribution in [2.45, 2.75) is 25.6 Å². The molecule has 20 heavy (non-hydrogen) atoms. The molecule has 0 aromatic carbocycles. The first-order valence-electron chi connectivity index (χ1n) is 5.54. The minimum Gasteiger partial charge on any atom is -0.301 e. The van der Waals surface area contributed by atoms with Gasteiger partial charge in [-0.1, -0.05) is 11.6 Å². The molecule has 0 fully saturated rings. The molecule has 2 aromatic rings. The predicted molar refractivity (Wildman–Crippen MR) is 70.9 cm³/mol. The fraction of sp³-hybridized carbons (Fsp3) is 0.333. The van der Waals surface area contributed by atoms with E-state index in [-0.39, 0.29) is 15.6 Å². The molecule has 0 amide bonds. The second kappa shape index (κ2) is 4.89. The Kier molecular flexibility index (Phi) is 3.68. The van der Waals surface area contributed by atoms with E-state index in [4.69, 9.17) is 11.6 Å². The lowest BCUT2D eigenvalue weighted by atomic mass is 10.1. The first-order chi connectivity index (χ1) is 9.16. The van der Waals surface area contributed by atoms with E-state index in [1.54, 1.807) is 5.38 Å². The van der Waals surface area contributed by atoms with E-state index in [0.29, 0.717) is 6.29 Å². The first kappa shape index (κ1) is 15.1. The van der Waals surface area contributed by atoms with Crippen molar-refractivity contribution in [3.05, 3.63) is 28.2 Å². The third kappa shape index (κ3) is 2.60. The summed E-state index contributed by atoms with van der Waals surface area (Å²) in [5, 5.41) is 5.70. The van der Waals surface area contributed by atoms with Crippen LogP contribution in [0.3, 0.4) is 0 Å². The van der Waals surface area contributed by atoms with Gasteiger partial charge in [-0.3, -0.25) is 4.68 Å². The molecule has 0 saturated carbocycles. The van der Waals surface area contributed by atoms with Crippen LogP contribution < -0.4 is 0 Å². The van der Waals surface area contributed by atoms with Crippen LogP contribution >= 0.6 is 22.9 Å². The van der Waals surface area contributed by atoms with Crippen LogP contribution in [0.4, 0.5) is 13.2 Å². The Morgan fingerprint density at radius 3 is 2.50 bits per heavy atom. The molecule has 0 unspecified atom stereocenters. The highest BCUT2D eigenvalue weighted by atomic mass is 35.5. The summed E-state index contributed by atoms with van der Waals surface area (Å²) >= 11 is 6.95. The molecule has 0 aliphatic heterocycles. The minimum atomic E-state index is -4.57. The van der Waals surface area contributed by atoms with Crippen molar-refractivity contribution >= 4 is 29.2 Å². The van der Waals surface area contributed by atoms with Crippen LogP contribution in [0.1, 0.15) is 19.4 Å². The smallest absolute Gasteiger partial charge is 0.301 e. The van der Waals surface area contributed by atoms with Gasteiger partial charge in [0, 0.05) is 6.20 Å². The number of hydrogen-bond acceptors (Lipinski definition) is 3. The maximum atomic E-state index is 13.1. The first-order valence-corrected chi connectivity index (χ1v) is 6.79. The molecule has 8 heteroatoms. The molecule has 0 radical (unpaired) electrons. The van der Waals surface area contributed by atoms with Crippen molar-refractivity contribution in [1.29, 1.82) is 0 Å². The molecule has 0 bridgehead atoms. The number of aromatic nitrogens is 2. The van der Waals surface area contributed by atoms with Crippen LogP contribution in [-0.4, -0.2) is 16.1 Å². The molecule has 0 N–H and O–H groups in total. The summed E-state index contributed by atoms with van der Waals surface area (Å²) in [6.07, 6.45) is -3.19. The quantitative estimate of drug-likeness (QED) is 0.793. The van der Waals surface area contributed by atoms with Crippen molar-refractivity contribution in [3.63, 3.8) is 0 Å². The second-order valence-corrected chi connectivity index (χ2v) is 6.03. The summed E-state index contributed by atoms with van der Waals surface area (Å²) in [6, 6.07) is 1.51. The Bertz CT molecular complexity index is 645. The minimum absolute atomic E-state index is 0.203. The average Bonchev–Trinajstić information content (AvgIpc) is 2.93. The Hall–Kier alpha value is -1.34. The number of aldehydes is 1. The summed E-state index contributed by atoms with van der Waals surface area (Å²) in [5.74, 6) is 0. The maximum Gasteiger partial charge on any atom is 0.420 e. The maximum absolute atomic E-state index is 13.1. The van der Waals surface area contributed by atoms with E-state index >= 15 is 0 Å². The normalized spacial score (nSPS) is 12.7. The molecule has 3 nitrogen and oxygen atoms in total. The summed E-state index contributed by atoms with van der Waals surface area (Å²) < 4.78 is 40.3. The third-order valence-electron chi connectivity index (χ3n) is 2.73. The van der Waals surface area contributed by atoms with Gasteiger partial charge in [-0.05, 0) is 25.3 Å². The van der Waals surface area contributed by atoms with Crippen molar-refractivity contribution in [1.82, 2.24) is 9.78 Å². The molecule has 0 spiro atoms. The van der Waals surface area contributed by atoms with Gasteiger partial charge in [-0.25, -0.2) is 0 Å². The van der Waals surface area contributed by atoms with Crippen LogP contribution in [-0.2, 0) is 16.5 Å². The highest BCUT2D eigenvalue weighted by Gasteiger charge is 2.38. The third-order valence-corrected chi connectivity index (χ3v) is 4.08. The average molecular weight is 323 g/mol. The highest BCUT2D eigenvalue weighted by Crippen LogP contribution is 2.41. The number of thiophene rings is 1. The predicted octanol–water partition coefficient (Wildman–Crippen LogP) is 4.22. The van der Waals surface area contributed by atoms with Crippen molar-refractivity contribution < 1.29 is 18.0 Å². The van der Waals surface area contributed by atoms with Gasteiger partial charge in [0.2, 0.25) is 0 Å². The van der Waals surface area contributed by atoms with Gasteiger partial charge in [-0.2, -0.15) is 18.3 Å². The SMILES string of the molecule is CC(C)(C=O)n1cc(C(F)(F)F)c(-c2sccc2Cl)n1. The number of alkyl halides is 3. The fourth-order valence-electron chi connectivity index (χ4n) is 1.56. The second-order valence-electron chi connectivity index (χ2n) is 4.70. The van der Waals surface area contributed by atoms with Crippen LogP contribution in [0, 0.1) is 0 Å². The van der Waals surface area contributed by atoms with Crippen LogP contribution in [0.2, 0.25) is 5.02 Å². The van der Waals surface area contributed by atoms with Crippen molar-refractivity contribution in [2.24, 2.45) is 0 Å². The Morgan fingerprint density at radius 1 is 1.40 bits per heavy atom. The monoisotopic (exact) mass is 322 g/mol. The molecule has 0 saturated heterocycles. The Labute approximate surface area is 122 Å². The lowest BCUT2D eigenvalue weighted by Gasteiger charge is -2.17. The van der Waals surface area contributed by atoms with E-state index in [2.05, 4.69) is 5.10 Å². The van der Waals surface area contributed by atoms with Gasteiger partial charge in [0.25, 0.3) is 0 Å². The molecular weight excluding hydrogens is 313 g/mol. The molecule has 0 aliphatic rings. The van der Waals surface area contributed by atoms with Crippen molar-refractivity contribution in [2.75, 3.05) is 0 Å². The number of nitrogens with zero attached hydrogens (tertiary/aromatic N) is 2. The van der Waals surface area contributed by atoms with E-state index < -0.39 is 17.3 Å². The standard InChI is InChI=1S/C12H10ClF3N2OS/c1-11(2,6-19)18-5-7(12(14,15)16)9(17-18)10-8(13)3-4-20-10/h3-6H,1-2H3. The van der Waals surface area contributed by atoms with Gasteiger partial charge < -0.3 is 4.79 Å². The highest BCUT2D eigenvalue weighted by molar-refractivity contribution is 7.14. The zero-order valence-corrected chi connectivity index (χ0v) is 12.1. The number of rotatable bonds is 3. The number of hydrogen-bond donors (Lipinski definition) is 0. The Balaban J connectivity index is 2.67. The lowest BCUT2D eigenvalue weighted by molar-refractivity contribution is -0.137. The summed E-state index contributed by atoms with van der Waals surface area (Å²) in [4.78, 5) is 11.2.